The quantitative estimate of drug-likeness (QED) is 0.601. The maximum atomic E-state index is 5.46. The van der Waals surface area contributed by atoms with Gasteiger partial charge in [0.05, 0.1) is 19.9 Å². The summed E-state index contributed by atoms with van der Waals surface area (Å²) >= 11 is 0. The molecule has 60 valence electrons. The Bertz CT molecular complexity index is 250. The highest BCUT2D eigenvalue weighted by molar-refractivity contribution is 5.45. The van der Waals surface area contributed by atoms with Gasteiger partial charge in [0.25, 0.3) is 0 Å². The van der Waals surface area contributed by atoms with Crippen molar-refractivity contribution in [2.75, 3.05) is 12.8 Å². The number of hydrogen-bond acceptors (Lipinski definition) is 5. The number of ether oxygens (including phenoxy) is 1. The molecule has 1 rings (SSSR count). The smallest absolute Gasteiger partial charge is 0.240 e. The topological polar surface area (TPSA) is 87.0 Å². The molecule has 11 heavy (non-hydrogen) atoms. The number of nitrogen functional groups attached to an aromatic ring is 1. The van der Waals surface area contributed by atoms with Crippen LogP contribution in [0.15, 0.2) is 6.20 Å². The van der Waals surface area contributed by atoms with E-state index in [1.807, 2.05) is 0 Å². The fourth-order valence-electron chi connectivity index (χ4n) is 0.672. The first-order valence-corrected chi connectivity index (χ1v) is 3.13. The largest absolute Gasteiger partial charge is 0.479 e. The van der Waals surface area contributed by atoms with Crippen LogP contribution < -0.4 is 16.2 Å². The van der Waals surface area contributed by atoms with E-state index in [1.54, 1.807) is 0 Å². The zero-order chi connectivity index (χ0) is 8.27. The molecule has 0 aliphatic heterocycles. The van der Waals surface area contributed by atoms with Crippen LogP contribution >= 0.6 is 0 Å². The Balaban J connectivity index is 3.02. The van der Waals surface area contributed by atoms with Crippen LogP contribution in [0.4, 0.5) is 5.69 Å². The lowest BCUT2D eigenvalue weighted by atomic mass is 10.5. The highest BCUT2D eigenvalue weighted by atomic mass is 16.5. The number of methoxy groups -OCH3 is 1. The molecule has 0 saturated carbocycles. The van der Waals surface area contributed by atoms with Crippen molar-refractivity contribution >= 4 is 5.69 Å². The average Bonchev–Trinajstić information content (AvgIpc) is 2.05. The molecule has 0 aromatic carbocycles. The summed E-state index contributed by atoms with van der Waals surface area (Å²) in [6, 6.07) is 0. The molecule has 1 aromatic heterocycles. The van der Waals surface area contributed by atoms with Crippen molar-refractivity contribution in [2.45, 2.75) is 6.54 Å². The third-order valence-corrected chi connectivity index (χ3v) is 1.21. The van der Waals surface area contributed by atoms with Crippen molar-refractivity contribution in [2.24, 2.45) is 5.73 Å². The summed E-state index contributed by atoms with van der Waals surface area (Å²) in [6.45, 7) is 0.288. The van der Waals surface area contributed by atoms with E-state index >= 15 is 0 Å². The van der Waals surface area contributed by atoms with Gasteiger partial charge in [0.15, 0.2) is 0 Å². The molecule has 0 unspecified atom stereocenters. The monoisotopic (exact) mass is 154 g/mol. The van der Waals surface area contributed by atoms with Gasteiger partial charge in [-0.05, 0) is 0 Å². The standard InChI is InChI=1S/C6H10N4O/c1-11-6-4(8)3-9-5(2-7)10-6/h3H,2,7-8H2,1H3. The normalized spacial score (nSPS) is 9.64. The molecule has 0 spiro atoms. The van der Waals surface area contributed by atoms with Gasteiger partial charge in [-0.15, -0.1) is 0 Å². The van der Waals surface area contributed by atoms with Gasteiger partial charge in [-0.2, -0.15) is 4.98 Å². The number of rotatable bonds is 2. The molecule has 4 N–H and O–H groups in total. The molecule has 0 bridgehead atoms. The summed E-state index contributed by atoms with van der Waals surface area (Å²) in [7, 11) is 1.50. The number of hydrogen-bond donors (Lipinski definition) is 2. The van der Waals surface area contributed by atoms with Gasteiger partial charge in [-0.25, -0.2) is 4.98 Å². The van der Waals surface area contributed by atoms with Gasteiger partial charge in [-0.3, -0.25) is 0 Å². The van der Waals surface area contributed by atoms with Gasteiger partial charge in [-0.1, -0.05) is 0 Å². The molecule has 0 aliphatic rings. The number of aromatic nitrogens is 2. The molecular formula is C6H10N4O. The van der Waals surface area contributed by atoms with E-state index in [2.05, 4.69) is 9.97 Å². The molecule has 1 aromatic rings. The third kappa shape index (κ3) is 1.56. The Kier molecular flexibility index (Phi) is 2.22. The Hall–Kier alpha value is -1.36. The van der Waals surface area contributed by atoms with Crippen LogP contribution in [-0.4, -0.2) is 17.1 Å². The van der Waals surface area contributed by atoms with Crippen LogP contribution in [0.2, 0.25) is 0 Å². The van der Waals surface area contributed by atoms with Gasteiger partial charge >= 0.3 is 0 Å². The molecule has 0 aliphatic carbocycles. The highest BCUT2D eigenvalue weighted by Gasteiger charge is 2.01. The molecule has 5 nitrogen and oxygen atoms in total. The summed E-state index contributed by atoms with van der Waals surface area (Å²) in [5.74, 6) is 0.900. The maximum Gasteiger partial charge on any atom is 0.240 e. The minimum atomic E-state index is 0.288. The predicted molar refractivity (Wildman–Crippen MR) is 40.9 cm³/mol. The van der Waals surface area contributed by atoms with Crippen LogP contribution in [0.3, 0.4) is 0 Å². The van der Waals surface area contributed by atoms with Crippen LogP contribution in [-0.2, 0) is 6.54 Å². The van der Waals surface area contributed by atoms with E-state index in [0.29, 0.717) is 17.4 Å². The second-order valence-electron chi connectivity index (χ2n) is 1.95. The Morgan fingerprint density at radius 1 is 1.64 bits per heavy atom. The zero-order valence-corrected chi connectivity index (χ0v) is 6.24. The van der Waals surface area contributed by atoms with Crippen molar-refractivity contribution in [1.29, 1.82) is 0 Å². The first kappa shape index (κ1) is 7.74. The Morgan fingerprint density at radius 3 is 2.91 bits per heavy atom. The van der Waals surface area contributed by atoms with Crippen LogP contribution in [0.1, 0.15) is 5.82 Å². The molecule has 1 heterocycles. The molecular weight excluding hydrogens is 144 g/mol. The fourth-order valence-corrected chi connectivity index (χ4v) is 0.672. The van der Waals surface area contributed by atoms with Crippen molar-refractivity contribution < 1.29 is 4.74 Å². The predicted octanol–water partition coefficient (Wildman–Crippen LogP) is -0.474. The maximum absolute atomic E-state index is 5.46. The van der Waals surface area contributed by atoms with Crippen molar-refractivity contribution in [3.63, 3.8) is 0 Å². The summed E-state index contributed by atoms with van der Waals surface area (Å²) in [6.07, 6.45) is 1.48. The lowest BCUT2D eigenvalue weighted by molar-refractivity contribution is 0.397. The number of nitrogens with zero attached hydrogens (tertiary/aromatic N) is 2. The summed E-state index contributed by atoms with van der Waals surface area (Å²) in [4.78, 5) is 7.79. The van der Waals surface area contributed by atoms with E-state index in [-0.39, 0.29) is 6.54 Å². The molecule has 0 amide bonds. The highest BCUT2D eigenvalue weighted by Crippen LogP contribution is 2.14. The van der Waals surface area contributed by atoms with Gasteiger partial charge in [0.2, 0.25) is 5.88 Å². The lowest BCUT2D eigenvalue weighted by Gasteiger charge is -2.02. The van der Waals surface area contributed by atoms with E-state index in [9.17, 15) is 0 Å². The molecule has 0 saturated heterocycles. The lowest BCUT2D eigenvalue weighted by Crippen LogP contribution is -2.05. The summed E-state index contributed by atoms with van der Waals surface area (Å²) in [5, 5.41) is 0. The van der Waals surface area contributed by atoms with Crippen molar-refractivity contribution in [1.82, 2.24) is 9.97 Å². The first-order chi connectivity index (χ1) is 5.27. The van der Waals surface area contributed by atoms with Gasteiger partial charge < -0.3 is 16.2 Å². The number of anilines is 1. The van der Waals surface area contributed by atoms with E-state index < -0.39 is 0 Å². The van der Waals surface area contributed by atoms with E-state index in [1.165, 1.54) is 13.3 Å². The van der Waals surface area contributed by atoms with Crippen LogP contribution in [0.25, 0.3) is 0 Å². The first-order valence-electron chi connectivity index (χ1n) is 3.13. The fraction of sp³-hybridized carbons (Fsp3) is 0.333. The molecule has 0 atom stereocenters. The summed E-state index contributed by atoms with van der Waals surface area (Å²) in [5.41, 5.74) is 11.2. The van der Waals surface area contributed by atoms with Gasteiger partial charge in [0.1, 0.15) is 11.5 Å². The average molecular weight is 154 g/mol. The zero-order valence-electron chi connectivity index (χ0n) is 6.24. The molecule has 0 radical (unpaired) electrons. The molecule has 5 heteroatoms. The van der Waals surface area contributed by atoms with Crippen molar-refractivity contribution in [3.05, 3.63) is 12.0 Å². The number of nitrogens with two attached hydrogens (primary N) is 2. The minimum Gasteiger partial charge on any atom is -0.479 e. The van der Waals surface area contributed by atoms with Gasteiger partial charge in [0, 0.05) is 0 Å². The third-order valence-electron chi connectivity index (χ3n) is 1.21. The van der Waals surface area contributed by atoms with Crippen molar-refractivity contribution in [3.8, 4) is 5.88 Å². The second-order valence-corrected chi connectivity index (χ2v) is 1.95. The Morgan fingerprint density at radius 2 is 2.36 bits per heavy atom. The Labute approximate surface area is 64.4 Å². The van der Waals surface area contributed by atoms with Crippen LogP contribution in [0, 0.1) is 0 Å². The van der Waals surface area contributed by atoms with Crippen LogP contribution in [0.5, 0.6) is 5.88 Å². The molecule has 0 fully saturated rings. The van der Waals surface area contributed by atoms with E-state index in [0.717, 1.165) is 0 Å². The summed E-state index contributed by atoms with van der Waals surface area (Å²) < 4.78 is 4.86. The SMILES string of the molecule is COc1nc(CN)ncc1N. The minimum absolute atomic E-state index is 0.288. The van der Waals surface area contributed by atoms with E-state index in [4.69, 9.17) is 16.2 Å². The second kappa shape index (κ2) is 3.16.